The van der Waals surface area contributed by atoms with E-state index < -0.39 is 0 Å². The van der Waals surface area contributed by atoms with Crippen LogP contribution in [-0.4, -0.2) is 22.0 Å². The van der Waals surface area contributed by atoms with Gasteiger partial charge in [-0.1, -0.05) is 12.1 Å². The summed E-state index contributed by atoms with van der Waals surface area (Å²) in [7, 11) is 1.88. The number of pyridine rings is 1. The highest BCUT2D eigenvalue weighted by Gasteiger charge is 2.10. The molecule has 3 rings (SSSR count). The first-order valence-electron chi connectivity index (χ1n) is 6.57. The predicted molar refractivity (Wildman–Crippen MR) is 81.8 cm³/mol. The number of nitrogens with zero attached hydrogens (tertiary/aromatic N) is 3. The van der Waals surface area contributed by atoms with Crippen LogP contribution in [0.1, 0.15) is 11.4 Å². The molecule has 4 heteroatoms. The van der Waals surface area contributed by atoms with E-state index in [4.69, 9.17) is 0 Å². The van der Waals surface area contributed by atoms with Crippen LogP contribution in [0.4, 0.5) is 5.82 Å². The van der Waals surface area contributed by atoms with Gasteiger partial charge in [-0.15, -0.1) is 0 Å². The van der Waals surface area contributed by atoms with Crippen molar-refractivity contribution in [1.29, 1.82) is 0 Å². The summed E-state index contributed by atoms with van der Waals surface area (Å²) in [5, 5.41) is 4.24. The van der Waals surface area contributed by atoms with Crippen LogP contribution in [0, 0.1) is 13.8 Å². The lowest BCUT2D eigenvalue weighted by Gasteiger charge is -2.11. The first kappa shape index (κ1) is 12.5. The SMILES string of the molecule is CNc1nc(C)nc(-c2ccc3ncccc3c2)c1C. The van der Waals surface area contributed by atoms with Crippen molar-refractivity contribution in [3.8, 4) is 11.3 Å². The van der Waals surface area contributed by atoms with Gasteiger partial charge in [0.25, 0.3) is 0 Å². The Bertz CT molecular complexity index is 781. The summed E-state index contributed by atoms with van der Waals surface area (Å²) >= 11 is 0. The Morgan fingerprint density at radius 1 is 1.05 bits per heavy atom. The average molecular weight is 264 g/mol. The number of benzene rings is 1. The van der Waals surface area contributed by atoms with E-state index >= 15 is 0 Å². The zero-order valence-electron chi connectivity index (χ0n) is 11.8. The van der Waals surface area contributed by atoms with Gasteiger partial charge < -0.3 is 5.32 Å². The molecule has 0 radical (unpaired) electrons. The normalized spacial score (nSPS) is 10.8. The van der Waals surface area contributed by atoms with Gasteiger partial charge in [0, 0.05) is 29.8 Å². The fourth-order valence-corrected chi connectivity index (χ4v) is 2.38. The second-order valence-corrected chi connectivity index (χ2v) is 4.75. The van der Waals surface area contributed by atoms with Gasteiger partial charge in [0.05, 0.1) is 11.2 Å². The van der Waals surface area contributed by atoms with Gasteiger partial charge in [0.2, 0.25) is 0 Å². The minimum absolute atomic E-state index is 0.765. The Kier molecular flexibility index (Phi) is 3.06. The van der Waals surface area contributed by atoms with Gasteiger partial charge >= 0.3 is 0 Å². The van der Waals surface area contributed by atoms with Crippen LogP contribution in [0.5, 0.6) is 0 Å². The fraction of sp³-hybridized carbons (Fsp3) is 0.188. The molecule has 3 aromatic rings. The van der Waals surface area contributed by atoms with Crippen LogP contribution < -0.4 is 5.32 Å². The molecule has 20 heavy (non-hydrogen) atoms. The molecule has 0 aliphatic heterocycles. The number of hydrogen-bond acceptors (Lipinski definition) is 4. The Morgan fingerprint density at radius 2 is 1.90 bits per heavy atom. The third-order valence-corrected chi connectivity index (χ3v) is 3.37. The standard InChI is InChI=1S/C16H16N4/c1-10-15(19-11(2)20-16(10)17-3)13-6-7-14-12(9-13)5-4-8-18-14/h4-9H,1-3H3,(H,17,19,20). The van der Waals surface area contributed by atoms with Crippen LogP contribution in [0.2, 0.25) is 0 Å². The van der Waals surface area contributed by atoms with Gasteiger partial charge in [0.15, 0.2) is 0 Å². The largest absolute Gasteiger partial charge is 0.373 e. The van der Waals surface area contributed by atoms with E-state index in [9.17, 15) is 0 Å². The second kappa shape index (κ2) is 4.89. The van der Waals surface area contributed by atoms with E-state index in [0.717, 1.165) is 39.4 Å². The molecule has 2 heterocycles. The van der Waals surface area contributed by atoms with Crippen LogP contribution >= 0.6 is 0 Å². The summed E-state index contributed by atoms with van der Waals surface area (Å²) < 4.78 is 0. The van der Waals surface area contributed by atoms with E-state index in [1.165, 1.54) is 0 Å². The number of nitrogens with one attached hydrogen (secondary N) is 1. The smallest absolute Gasteiger partial charge is 0.132 e. The quantitative estimate of drug-likeness (QED) is 0.771. The maximum Gasteiger partial charge on any atom is 0.132 e. The molecule has 1 aromatic carbocycles. The number of aryl methyl sites for hydroxylation is 1. The van der Waals surface area contributed by atoms with Crippen molar-refractivity contribution in [2.75, 3.05) is 12.4 Å². The third kappa shape index (κ3) is 2.09. The van der Waals surface area contributed by atoms with Crippen molar-refractivity contribution in [1.82, 2.24) is 15.0 Å². The van der Waals surface area contributed by atoms with E-state index in [2.05, 4.69) is 38.5 Å². The first-order chi connectivity index (χ1) is 9.69. The molecule has 0 unspecified atom stereocenters. The third-order valence-electron chi connectivity index (χ3n) is 3.37. The van der Waals surface area contributed by atoms with E-state index in [-0.39, 0.29) is 0 Å². The Morgan fingerprint density at radius 3 is 2.70 bits per heavy atom. The van der Waals surface area contributed by atoms with Gasteiger partial charge in [-0.2, -0.15) is 0 Å². The maximum atomic E-state index is 4.59. The van der Waals surface area contributed by atoms with Crippen LogP contribution in [0.15, 0.2) is 36.5 Å². The average Bonchev–Trinajstić information content (AvgIpc) is 2.48. The van der Waals surface area contributed by atoms with Crippen molar-refractivity contribution < 1.29 is 0 Å². The molecule has 0 aliphatic carbocycles. The highest BCUT2D eigenvalue weighted by molar-refractivity contribution is 5.84. The summed E-state index contributed by atoms with van der Waals surface area (Å²) in [6, 6.07) is 10.2. The summed E-state index contributed by atoms with van der Waals surface area (Å²) in [5.41, 5.74) is 4.10. The lowest BCUT2D eigenvalue weighted by molar-refractivity contribution is 1.04. The Labute approximate surface area is 117 Å². The van der Waals surface area contributed by atoms with Gasteiger partial charge in [0.1, 0.15) is 11.6 Å². The van der Waals surface area contributed by atoms with Gasteiger partial charge in [-0.3, -0.25) is 4.98 Å². The number of hydrogen-bond donors (Lipinski definition) is 1. The number of fused-ring (bicyclic) bond motifs is 1. The highest BCUT2D eigenvalue weighted by atomic mass is 15.0. The number of anilines is 1. The highest BCUT2D eigenvalue weighted by Crippen LogP contribution is 2.27. The molecule has 0 atom stereocenters. The number of aromatic nitrogens is 3. The zero-order valence-corrected chi connectivity index (χ0v) is 11.8. The maximum absolute atomic E-state index is 4.59. The summed E-state index contributed by atoms with van der Waals surface area (Å²) in [5.74, 6) is 1.64. The number of rotatable bonds is 2. The minimum Gasteiger partial charge on any atom is -0.373 e. The van der Waals surface area contributed by atoms with Crippen molar-refractivity contribution in [3.05, 3.63) is 47.9 Å². The molecule has 0 bridgehead atoms. The lowest BCUT2D eigenvalue weighted by Crippen LogP contribution is -2.02. The molecule has 2 aromatic heterocycles. The monoisotopic (exact) mass is 264 g/mol. The summed E-state index contributed by atoms with van der Waals surface area (Å²) in [6.45, 7) is 3.94. The first-order valence-corrected chi connectivity index (χ1v) is 6.57. The molecule has 4 nitrogen and oxygen atoms in total. The molecule has 0 fully saturated rings. The van der Waals surface area contributed by atoms with E-state index in [1.54, 1.807) is 6.20 Å². The van der Waals surface area contributed by atoms with Crippen molar-refractivity contribution in [3.63, 3.8) is 0 Å². The fourth-order valence-electron chi connectivity index (χ4n) is 2.38. The summed E-state index contributed by atoms with van der Waals surface area (Å²) in [6.07, 6.45) is 1.81. The van der Waals surface area contributed by atoms with Gasteiger partial charge in [-0.05, 0) is 32.0 Å². The molecule has 0 saturated heterocycles. The molecular weight excluding hydrogens is 248 g/mol. The van der Waals surface area contributed by atoms with Crippen molar-refractivity contribution in [2.24, 2.45) is 0 Å². The Hall–Kier alpha value is -2.49. The molecular formula is C16H16N4. The molecule has 0 aliphatic rings. The lowest BCUT2D eigenvalue weighted by atomic mass is 10.0. The molecule has 0 spiro atoms. The van der Waals surface area contributed by atoms with Crippen molar-refractivity contribution >= 4 is 16.7 Å². The van der Waals surface area contributed by atoms with Crippen LogP contribution in [0.3, 0.4) is 0 Å². The van der Waals surface area contributed by atoms with E-state index in [1.807, 2.05) is 33.0 Å². The molecule has 100 valence electrons. The predicted octanol–water partition coefficient (Wildman–Crippen LogP) is 3.35. The van der Waals surface area contributed by atoms with E-state index in [0.29, 0.717) is 0 Å². The summed E-state index contributed by atoms with van der Waals surface area (Å²) in [4.78, 5) is 13.3. The Balaban J connectivity index is 2.22. The van der Waals surface area contributed by atoms with Gasteiger partial charge in [-0.25, -0.2) is 9.97 Å². The van der Waals surface area contributed by atoms with Crippen molar-refractivity contribution in [2.45, 2.75) is 13.8 Å². The van der Waals surface area contributed by atoms with Crippen LogP contribution in [0.25, 0.3) is 22.2 Å². The second-order valence-electron chi connectivity index (χ2n) is 4.75. The molecule has 0 saturated carbocycles. The molecule has 1 N–H and O–H groups in total. The zero-order chi connectivity index (χ0) is 14.1. The topological polar surface area (TPSA) is 50.7 Å². The molecule has 0 amide bonds. The van der Waals surface area contributed by atoms with Crippen LogP contribution in [-0.2, 0) is 0 Å². The minimum atomic E-state index is 0.765.